The van der Waals surface area contributed by atoms with Gasteiger partial charge >= 0.3 is 0 Å². The lowest BCUT2D eigenvalue weighted by molar-refractivity contribution is 0.0954. The summed E-state index contributed by atoms with van der Waals surface area (Å²) in [6.07, 6.45) is 2.33. The van der Waals surface area contributed by atoms with Crippen molar-refractivity contribution in [2.45, 2.75) is 31.9 Å². The molecule has 2 atom stereocenters. The van der Waals surface area contributed by atoms with Gasteiger partial charge < -0.3 is 26.6 Å². The molecule has 0 aliphatic carbocycles. The third-order valence-corrected chi connectivity index (χ3v) is 5.22. The molecule has 0 aliphatic rings. The summed E-state index contributed by atoms with van der Waals surface area (Å²) < 4.78 is 0. The Balaban J connectivity index is 1.46. The summed E-state index contributed by atoms with van der Waals surface area (Å²) in [5, 5.41) is 25.9. The Morgan fingerprint density at radius 1 is 1.09 bits per heavy atom. The van der Waals surface area contributed by atoms with E-state index in [0.717, 1.165) is 17.5 Å². The van der Waals surface area contributed by atoms with E-state index < -0.39 is 6.10 Å². The number of benzene rings is 2. The molecule has 0 bridgehead atoms. The number of phenols is 1. The number of nitrogens with zero attached hydrogens (tertiary/aromatic N) is 1. The van der Waals surface area contributed by atoms with Gasteiger partial charge in [0, 0.05) is 36.5 Å². The normalized spacial score (nSPS) is 12.8. The van der Waals surface area contributed by atoms with Crippen LogP contribution in [0.25, 0.3) is 0 Å². The molecule has 1 amide bonds. The number of nitrogens with one attached hydrogen (secondary N) is 2. The minimum Gasteiger partial charge on any atom is -0.508 e. The zero-order valence-corrected chi connectivity index (χ0v) is 18.2. The predicted octanol–water partition coefficient (Wildman–Crippen LogP) is 2.60. The number of aromatic hydroxyl groups is 1. The quantitative estimate of drug-likeness (QED) is 0.335. The average Bonchev–Trinajstić information content (AvgIpc) is 2.79. The summed E-state index contributed by atoms with van der Waals surface area (Å²) in [7, 11) is 0. The molecule has 0 aliphatic heterocycles. The van der Waals surface area contributed by atoms with Crippen LogP contribution in [-0.2, 0) is 12.8 Å². The lowest BCUT2D eigenvalue weighted by Crippen LogP contribution is -2.32. The number of nitrogen functional groups attached to an aromatic ring is 1. The summed E-state index contributed by atoms with van der Waals surface area (Å²) in [4.78, 5) is 16.5. The number of hydrogen-bond acceptors (Lipinski definition) is 6. The van der Waals surface area contributed by atoms with Gasteiger partial charge in [-0.05, 0) is 61.2 Å². The highest BCUT2D eigenvalue weighted by atomic mass is 16.3. The Bertz CT molecular complexity index is 1010. The molecule has 0 saturated carbocycles. The van der Waals surface area contributed by atoms with Crippen LogP contribution in [0, 0.1) is 0 Å². The van der Waals surface area contributed by atoms with Crippen LogP contribution in [0.3, 0.4) is 0 Å². The van der Waals surface area contributed by atoms with Crippen LogP contribution in [0.4, 0.5) is 5.82 Å². The first-order valence-electron chi connectivity index (χ1n) is 10.7. The number of anilines is 1. The second-order valence-electron chi connectivity index (χ2n) is 7.92. The molecule has 32 heavy (non-hydrogen) atoms. The van der Waals surface area contributed by atoms with Crippen molar-refractivity contribution >= 4 is 11.7 Å². The second kappa shape index (κ2) is 11.3. The highest BCUT2D eigenvalue weighted by Crippen LogP contribution is 2.13. The van der Waals surface area contributed by atoms with Gasteiger partial charge in [0.15, 0.2) is 0 Å². The van der Waals surface area contributed by atoms with Crippen molar-refractivity contribution in [1.29, 1.82) is 0 Å². The van der Waals surface area contributed by atoms with Crippen LogP contribution in [0.15, 0.2) is 66.9 Å². The van der Waals surface area contributed by atoms with Gasteiger partial charge in [-0.25, -0.2) is 4.98 Å². The van der Waals surface area contributed by atoms with Gasteiger partial charge in [0.05, 0.1) is 6.10 Å². The number of nitrogens with two attached hydrogens (primary N) is 1. The Kier molecular flexibility index (Phi) is 8.19. The van der Waals surface area contributed by atoms with E-state index >= 15 is 0 Å². The molecule has 0 radical (unpaired) electrons. The topological polar surface area (TPSA) is 120 Å². The molecule has 3 aromatic rings. The SMILES string of the molecule is C[C@H](Cc1cccc(C(=O)NCCc2ccc(O)cc2)c1)NC[C@@H](O)c1ccc(N)nc1. The van der Waals surface area contributed by atoms with Crippen LogP contribution < -0.4 is 16.4 Å². The maximum Gasteiger partial charge on any atom is 0.251 e. The molecule has 0 spiro atoms. The Morgan fingerprint density at radius 3 is 2.59 bits per heavy atom. The summed E-state index contributed by atoms with van der Waals surface area (Å²) >= 11 is 0. The Labute approximate surface area is 188 Å². The minimum absolute atomic E-state index is 0.110. The summed E-state index contributed by atoms with van der Waals surface area (Å²) in [5.74, 6) is 0.541. The molecule has 0 saturated heterocycles. The van der Waals surface area contributed by atoms with Crippen molar-refractivity contribution in [2.24, 2.45) is 0 Å². The monoisotopic (exact) mass is 434 g/mol. The Morgan fingerprint density at radius 2 is 1.88 bits per heavy atom. The molecule has 7 nitrogen and oxygen atoms in total. The minimum atomic E-state index is -0.670. The molecule has 0 fully saturated rings. The first-order valence-corrected chi connectivity index (χ1v) is 10.7. The lowest BCUT2D eigenvalue weighted by Gasteiger charge is -2.18. The van der Waals surface area contributed by atoms with Crippen LogP contribution in [-0.4, -0.2) is 40.2 Å². The lowest BCUT2D eigenvalue weighted by atomic mass is 10.0. The van der Waals surface area contributed by atoms with Gasteiger partial charge in [-0.1, -0.05) is 30.3 Å². The fourth-order valence-corrected chi connectivity index (χ4v) is 3.39. The molecule has 6 N–H and O–H groups in total. The van der Waals surface area contributed by atoms with Gasteiger partial charge in [0.2, 0.25) is 0 Å². The number of carbonyl (C=O) groups excluding carboxylic acids is 1. The number of hydrogen-bond donors (Lipinski definition) is 5. The third-order valence-electron chi connectivity index (χ3n) is 5.22. The number of rotatable bonds is 10. The van der Waals surface area contributed by atoms with Crippen molar-refractivity contribution in [2.75, 3.05) is 18.8 Å². The summed E-state index contributed by atoms with van der Waals surface area (Å²) in [6.45, 7) is 2.95. The van der Waals surface area contributed by atoms with E-state index in [2.05, 4.69) is 15.6 Å². The highest BCUT2D eigenvalue weighted by molar-refractivity contribution is 5.94. The molecule has 0 unspecified atom stereocenters. The average molecular weight is 435 g/mol. The van der Waals surface area contributed by atoms with E-state index in [-0.39, 0.29) is 17.7 Å². The molecular formula is C25H30N4O3. The van der Waals surface area contributed by atoms with E-state index in [0.29, 0.717) is 36.5 Å². The molecule has 2 aromatic carbocycles. The van der Waals surface area contributed by atoms with Crippen LogP contribution in [0.5, 0.6) is 5.75 Å². The molecule has 7 heteroatoms. The number of pyridine rings is 1. The maximum atomic E-state index is 12.5. The summed E-state index contributed by atoms with van der Waals surface area (Å²) in [5.41, 5.74) is 9.00. The maximum absolute atomic E-state index is 12.5. The van der Waals surface area contributed by atoms with E-state index in [1.807, 2.05) is 37.3 Å². The van der Waals surface area contributed by atoms with Crippen molar-refractivity contribution in [3.63, 3.8) is 0 Å². The van der Waals surface area contributed by atoms with Gasteiger partial charge in [0.1, 0.15) is 11.6 Å². The Hall–Kier alpha value is -3.42. The summed E-state index contributed by atoms with van der Waals surface area (Å²) in [6, 6.07) is 18.1. The molecule has 1 heterocycles. The fourth-order valence-electron chi connectivity index (χ4n) is 3.39. The zero-order valence-electron chi connectivity index (χ0n) is 18.2. The van der Waals surface area contributed by atoms with Crippen molar-refractivity contribution in [3.05, 3.63) is 89.1 Å². The van der Waals surface area contributed by atoms with Gasteiger partial charge in [-0.15, -0.1) is 0 Å². The van der Waals surface area contributed by atoms with E-state index in [9.17, 15) is 15.0 Å². The van der Waals surface area contributed by atoms with Gasteiger partial charge in [0.25, 0.3) is 5.91 Å². The van der Waals surface area contributed by atoms with Crippen LogP contribution >= 0.6 is 0 Å². The predicted molar refractivity (Wildman–Crippen MR) is 125 cm³/mol. The molecular weight excluding hydrogens is 404 g/mol. The van der Waals surface area contributed by atoms with E-state index in [4.69, 9.17) is 5.73 Å². The first-order chi connectivity index (χ1) is 15.4. The van der Waals surface area contributed by atoms with Gasteiger partial charge in [-0.3, -0.25) is 4.79 Å². The van der Waals surface area contributed by atoms with E-state index in [1.165, 1.54) is 0 Å². The second-order valence-corrected chi connectivity index (χ2v) is 7.92. The fraction of sp³-hybridized carbons (Fsp3) is 0.280. The number of carbonyl (C=O) groups is 1. The standard InChI is InChI=1S/C25H30N4O3/c1-17(28-16-23(31)21-7-10-24(26)29-15-21)13-19-3-2-4-20(14-19)25(32)27-12-11-18-5-8-22(30)9-6-18/h2-10,14-15,17,23,28,30-31H,11-13,16H2,1H3,(H2,26,29)(H,27,32)/t17-,23-/m1/s1. The number of aliphatic hydroxyl groups excluding tert-OH is 1. The first kappa shape index (κ1) is 23.2. The third kappa shape index (κ3) is 7.08. The number of aromatic nitrogens is 1. The molecule has 168 valence electrons. The highest BCUT2D eigenvalue weighted by Gasteiger charge is 2.12. The molecule has 1 aromatic heterocycles. The largest absolute Gasteiger partial charge is 0.508 e. The van der Waals surface area contributed by atoms with Crippen molar-refractivity contribution in [1.82, 2.24) is 15.6 Å². The van der Waals surface area contributed by atoms with Gasteiger partial charge in [-0.2, -0.15) is 0 Å². The van der Waals surface area contributed by atoms with Crippen LogP contribution in [0.1, 0.15) is 40.1 Å². The number of phenolic OH excluding ortho intramolecular Hbond substituents is 1. The number of aliphatic hydroxyl groups is 1. The van der Waals surface area contributed by atoms with Crippen LogP contribution in [0.2, 0.25) is 0 Å². The van der Waals surface area contributed by atoms with Crippen molar-refractivity contribution < 1.29 is 15.0 Å². The smallest absolute Gasteiger partial charge is 0.251 e. The van der Waals surface area contributed by atoms with Crippen molar-refractivity contribution in [3.8, 4) is 5.75 Å². The zero-order chi connectivity index (χ0) is 22.9. The number of amides is 1. The molecule has 3 rings (SSSR count). The van der Waals surface area contributed by atoms with E-state index in [1.54, 1.807) is 36.5 Å².